The van der Waals surface area contributed by atoms with E-state index in [1.54, 1.807) is 0 Å². The maximum atomic E-state index is 12.1. The normalized spacial score (nSPS) is 18.2. The highest BCUT2D eigenvalue weighted by Crippen LogP contribution is 2.12. The van der Waals surface area contributed by atoms with Crippen LogP contribution in [0.4, 0.5) is 0 Å². The first-order valence-electron chi connectivity index (χ1n) is 6.11. The van der Waals surface area contributed by atoms with Crippen molar-refractivity contribution in [3.05, 3.63) is 34.9 Å². The largest absolute Gasteiger partial charge is 0.390 e. The fourth-order valence-corrected chi connectivity index (χ4v) is 1.96. The van der Waals surface area contributed by atoms with Gasteiger partial charge in [0.05, 0.1) is 12.3 Å². The molecule has 1 aromatic carbocycles. The molecule has 4 nitrogen and oxygen atoms in total. The summed E-state index contributed by atoms with van der Waals surface area (Å²) in [6, 6.07) is 5.87. The van der Waals surface area contributed by atoms with Gasteiger partial charge in [0.15, 0.2) is 0 Å². The molecule has 1 aromatic rings. The van der Waals surface area contributed by atoms with Crippen LogP contribution in [0.3, 0.4) is 0 Å². The van der Waals surface area contributed by atoms with Gasteiger partial charge in [-0.25, -0.2) is 0 Å². The van der Waals surface area contributed by atoms with Crippen LogP contribution in [0.15, 0.2) is 23.4 Å². The van der Waals surface area contributed by atoms with Gasteiger partial charge < -0.3 is 10.2 Å². The standard InChI is InChI=1S/C14H18N2O2/c1-9-4-5-10(2)13(6-9)14(17)15-8-12-7-11(3)16-18-12/h4-6,12H,7-8H2,1-3H3,(H,15,17)/t12-/m1/s1. The Hall–Kier alpha value is -1.84. The number of amides is 1. The second kappa shape index (κ2) is 5.21. The third-order valence-corrected chi connectivity index (χ3v) is 3.01. The Labute approximate surface area is 107 Å². The van der Waals surface area contributed by atoms with Crippen LogP contribution < -0.4 is 5.32 Å². The molecule has 0 unspecified atom stereocenters. The van der Waals surface area contributed by atoms with E-state index >= 15 is 0 Å². The topological polar surface area (TPSA) is 50.7 Å². The number of rotatable bonds is 3. The molecule has 0 radical (unpaired) electrons. The fraction of sp³-hybridized carbons (Fsp3) is 0.429. The van der Waals surface area contributed by atoms with Crippen molar-refractivity contribution < 1.29 is 9.63 Å². The van der Waals surface area contributed by atoms with Crippen LogP contribution in [0, 0.1) is 13.8 Å². The number of nitrogens with zero attached hydrogens (tertiary/aromatic N) is 1. The van der Waals surface area contributed by atoms with Gasteiger partial charge in [-0.05, 0) is 32.4 Å². The molecule has 0 saturated carbocycles. The SMILES string of the molecule is CC1=NO[C@@H](CNC(=O)c2cc(C)ccc2C)C1. The summed E-state index contributed by atoms with van der Waals surface area (Å²) in [5.74, 6) is -0.0515. The highest BCUT2D eigenvalue weighted by Gasteiger charge is 2.19. The van der Waals surface area contributed by atoms with Gasteiger partial charge >= 0.3 is 0 Å². The van der Waals surface area contributed by atoms with Gasteiger partial charge in [0.25, 0.3) is 5.91 Å². The van der Waals surface area contributed by atoms with Gasteiger partial charge in [-0.1, -0.05) is 22.9 Å². The minimum absolute atomic E-state index is 0.0286. The van der Waals surface area contributed by atoms with Gasteiger partial charge in [-0.15, -0.1) is 0 Å². The molecule has 1 heterocycles. The molecule has 1 amide bonds. The molecule has 2 rings (SSSR count). The molecule has 0 aromatic heterocycles. The number of hydrogen-bond donors (Lipinski definition) is 1. The molecule has 96 valence electrons. The zero-order valence-electron chi connectivity index (χ0n) is 11.0. The fourth-order valence-electron chi connectivity index (χ4n) is 1.96. The van der Waals surface area contributed by atoms with E-state index in [0.717, 1.165) is 28.8 Å². The molecular weight excluding hydrogens is 228 g/mol. The van der Waals surface area contributed by atoms with Crippen LogP contribution in [-0.2, 0) is 4.84 Å². The molecule has 0 aliphatic carbocycles. The molecule has 1 aliphatic heterocycles. The number of carbonyl (C=O) groups is 1. The van der Waals surface area contributed by atoms with Crippen LogP contribution in [0.2, 0.25) is 0 Å². The molecule has 0 fully saturated rings. The molecular formula is C14H18N2O2. The molecule has 1 aliphatic rings. The molecule has 0 spiro atoms. The first-order valence-corrected chi connectivity index (χ1v) is 6.11. The molecule has 0 saturated heterocycles. The van der Waals surface area contributed by atoms with Crippen LogP contribution in [0.1, 0.15) is 34.8 Å². The first-order chi connectivity index (χ1) is 8.56. The summed E-state index contributed by atoms with van der Waals surface area (Å²) in [6.07, 6.45) is 0.756. The van der Waals surface area contributed by atoms with Crippen molar-refractivity contribution in [2.24, 2.45) is 5.16 Å². The van der Waals surface area contributed by atoms with Crippen molar-refractivity contribution in [3.63, 3.8) is 0 Å². The number of aryl methyl sites for hydroxylation is 2. The van der Waals surface area contributed by atoms with Crippen molar-refractivity contribution in [3.8, 4) is 0 Å². The Morgan fingerprint density at radius 2 is 2.22 bits per heavy atom. The number of hydrogen-bond acceptors (Lipinski definition) is 3. The van der Waals surface area contributed by atoms with E-state index < -0.39 is 0 Å². The number of oxime groups is 1. The minimum atomic E-state index is -0.0515. The maximum absolute atomic E-state index is 12.1. The smallest absolute Gasteiger partial charge is 0.251 e. The summed E-state index contributed by atoms with van der Waals surface area (Å²) in [5, 5.41) is 6.76. The van der Waals surface area contributed by atoms with E-state index in [4.69, 9.17) is 4.84 Å². The highest BCUT2D eigenvalue weighted by molar-refractivity contribution is 5.95. The van der Waals surface area contributed by atoms with Crippen LogP contribution >= 0.6 is 0 Å². The van der Waals surface area contributed by atoms with Crippen LogP contribution in [0.5, 0.6) is 0 Å². The van der Waals surface area contributed by atoms with E-state index in [1.807, 2.05) is 39.0 Å². The Kier molecular flexibility index (Phi) is 3.65. The second-order valence-electron chi connectivity index (χ2n) is 4.79. The molecule has 4 heteroatoms. The minimum Gasteiger partial charge on any atom is -0.390 e. The lowest BCUT2D eigenvalue weighted by Gasteiger charge is -2.11. The van der Waals surface area contributed by atoms with E-state index in [-0.39, 0.29) is 12.0 Å². The van der Waals surface area contributed by atoms with E-state index in [9.17, 15) is 4.79 Å². The lowest BCUT2D eigenvalue weighted by atomic mass is 10.0. The zero-order chi connectivity index (χ0) is 13.1. The monoisotopic (exact) mass is 246 g/mol. The summed E-state index contributed by atoms with van der Waals surface area (Å²) in [7, 11) is 0. The Morgan fingerprint density at radius 1 is 1.44 bits per heavy atom. The van der Waals surface area contributed by atoms with Gasteiger partial charge in [0.2, 0.25) is 0 Å². The molecule has 0 bridgehead atoms. The van der Waals surface area contributed by atoms with E-state index in [1.165, 1.54) is 0 Å². The lowest BCUT2D eigenvalue weighted by molar-refractivity contribution is 0.0753. The van der Waals surface area contributed by atoms with Gasteiger partial charge in [-0.2, -0.15) is 0 Å². The average Bonchev–Trinajstić information content (AvgIpc) is 2.75. The van der Waals surface area contributed by atoms with E-state index in [2.05, 4.69) is 10.5 Å². The summed E-state index contributed by atoms with van der Waals surface area (Å²) in [6.45, 7) is 6.33. The Balaban J connectivity index is 1.94. The van der Waals surface area contributed by atoms with Crippen LogP contribution in [0.25, 0.3) is 0 Å². The number of carbonyl (C=O) groups excluding carboxylic acids is 1. The van der Waals surface area contributed by atoms with Crippen molar-refractivity contribution in [2.75, 3.05) is 6.54 Å². The predicted octanol–water partition coefficient (Wildman–Crippen LogP) is 2.20. The summed E-state index contributed by atoms with van der Waals surface area (Å²) >= 11 is 0. The summed E-state index contributed by atoms with van der Waals surface area (Å²) < 4.78 is 0. The van der Waals surface area contributed by atoms with Crippen molar-refractivity contribution in [1.82, 2.24) is 5.32 Å². The molecule has 1 atom stereocenters. The van der Waals surface area contributed by atoms with Gasteiger partial charge in [0.1, 0.15) is 6.10 Å². The van der Waals surface area contributed by atoms with Gasteiger partial charge in [0, 0.05) is 12.0 Å². The quantitative estimate of drug-likeness (QED) is 0.888. The third kappa shape index (κ3) is 2.88. The van der Waals surface area contributed by atoms with Crippen molar-refractivity contribution in [1.29, 1.82) is 0 Å². The zero-order valence-corrected chi connectivity index (χ0v) is 11.0. The Bertz CT molecular complexity index is 495. The molecule has 1 N–H and O–H groups in total. The Morgan fingerprint density at radius 3 is 2.89 bits per heavy atom. The summed E-state index contributed by atoms with van der Waals surface area (Å²) in [4.78, 5) is 17.2. The summed E-state index contributed by atoms with van der Waals surface area (Å²) in [5.41, 5.74) is 3.77. The first kappa shape index (κ1) is 12.6. The van der Waals surface area contributed by atoms with Crippen molar-refractivity contribution in [2.45, 2.75) is 33.3 Å². The second-order valence-corrected chi connectivity index (χ2v) is 4.79. The maximum Gasteiger partial charge on any atom is 0.251 e. The van der Waals surface area contributed by atoms with E-state index in [0.29, 0.717) is 6.54 Å². The number of nitrogens with one attached hydrogen (secondary N) is 1. The molecule has 18 heavy (non-hydrogen) atoms. The average molecular weight is 246 g/mol. The predicted molar refractivity (Wildman–Crippen MR) is 70.8 cm³/mol. The lowest BCUT2D eigenvalue weighted by Crippen LogP contribution is -2.32. The van der Waals surface area contributed by atoms with Crippen molar-refractivity contribution >= 4 is 11.6 Å². The third-order valence-electron chi connectivity index (χ3n) is 3.01. The van der Waals surface area contributed by atoms with Gasteiger partial charge in [-0.3, -0.25) is 4.79 Å². The van der Waals surface area contributed by atoms with Crippen LogP contribution in [-0.4, -0.2) is 24.3 Å². The number of benzene rings is 1. The highest BCUT2D eigenvalue weighted by atomic mass is 16.6.